The van der Waals surface area contributed by atoms with Crippen molar-refractivity contribution < 1.29 is 17.9 Å². The Kier molecular flexibility index (Phi) is 5.36. The Morgan fingerprint density at radius 2 is 1.65 bits per heavy atom. The zero-order chi connectivity index (χ0) is 16.9. The van der Waals surface area contributed by atoms with Gasteiger partial charge >= 0.3 is 0 Å². The highest BCUT2D eigenvalue weighted by molar-refractivity contribution is 7.89. The maximum absolute atomic E-state index is 12.0. The maximum Gasteiger partial charge on any atom is 0.240 e. The van der Waals surface area contributed by atoms with Crippen LogP contribution < -0.4 is 14.8 Å². The number of benzene rings is 2. The normalized spacial score (nSPS) is 11.0. The highest BCUT2D eigenvalue weighted by atomic mass is 32.2. The quantitative estimate of drug-likeness (QED) is 0.843. The molecule has 122 valence electrons. The average Bonchev–Trinajstić information content (AvgIpc) is 2.56. The number of methoxy groups -OCH3 is 1. The summed E-state index contributed by atoms with van der Waals surface area (Å²) in [7, 11) is -0.543. The molecule has 6 nitrogen and oxygen atoms in total. The van der Waals surface area contributed by atoms with Gasteiger partial charge < -0.3 is 10.1 Å². The molecule has 0 aliphatic heterocycles. The molecule has 0 radical (unpaired) electrons. The summed E-state index contributed by atoms with van der Waals surface area (Å²) < 4.78 is 30.5. The van der Waals surface area contributed by atoms with Crippen molar-refractivity contribution in [1.29, 1.82) is 0 Å². The van der Waals surface area contributed by atoms with E-state index in [0.29, 0.717) is 5.69 Å². The lowest BCUT2D eigenvalue weighted by molar-refractivity contribution is -0.115. The number of rotatable bonds is 6. The molecule has 0 aromatic heterocycles. The minimum Gasteiger partial charge on any atom is -0.497 e. The Labute approximate surface area is 135 Å². The fourth-order valence-corrected chi connectivity index (χ4v) is 2.70. The highest BCUT2D eigenvalue weighted by Gasteiger charge is 2.11. The van der Waals surface area contributed by atoms with Crippen LogP contribution >= 0.6 is 0 Å². The number of nitrogens with one attached hydrogen (secondary N) is 2. The van der Waals surface area contributed by atoms with E-state index in [1.54, 1.807) is 31.4 Å². The van der Waals surface area contributed by atoms with E-state index in [0.717, 1.165) is 11.3 Å². The summed E-state index contributed by atoms with van der Waals surface area (Å²) in [5.41, 5.74) is 1.40. The van der Waals surface area contributed by atoms with Gasteiger partial charge in [0.15, 0.2) is 0 Å². The van der Waals surface area contributed by atoms with Gasteiger partial charge in [-0.3, -0.25) is 4.79 Å². The minimum atomic E-state index is -3.47. The number of carbonyl (C=O) groups excluding carboxylic acids is 1. The van der Waals surface area contributed by atoms with Crippen molar-refractivity contribution in [2.24, 2.45) is 0 Å². The fourth-order valence-electron chi connectivity index (χ4n) is 1.97. The van der Waals surface area contributed by atoms with Crippen LogP contribution in [-0.4, -0.2) is 28.5 Å². The largest absolute Gasteiger partial charge is 0.497 e. The molecular weight excluding hydrogens is 316 g/mol. The third-order valence-electron chi connectivity index (χ3n) is 3.24. The molecule has 0 atom stereocenters. The molecular formula is C16H18N2O4S. The first-order valence-corrected chi connectivity index (χ1v) is 8.39. The van der Waals surface area contributed by atoms with Crippen LogP contribution in [0.5, 0.6) is 5.75 Å². The molecule has 1 amide bonds. The Bertz CT molecular complexity index is 769. The lowest BCUT2D eigenvalue weighted by atomic mass is 10.1. The predicted molar refractivity (Wildman–Crippen MR) is 88.0 cm³/mol. The Hall–Kier alpha value is -2.38. The van der Waals surface area contributed by atoms with Crippen molar-refractivity contribution in [2.75, 3.05) is 19.5 Å². The number of hydrogen-bond acceptors (Lipinski definition) is 4. The van der Waals surface area contributed by atoms with E-state index in [1.807, 2.05) is 12.1 Å². The first kappa shape index (κ1) is 17.0. The van der Waals surface area contributed by atoms with Gasteiger partial charge in [-0.05, 0) is 49.0 Å². The predicted octanol–water partition coefficient (Wildman–Crippen LogP) is 1.78. The van der Waals surface area contributed by atoms with Gasteiger partial charge in [0.05, 0.1) is 18.4 Å². The van der Waals surface area contributed by atoms with Gasteiger partial charge in [-0.15, -0.1) is 0 Å². The van der Waals surface area contributed by atoms with Crippen LogP contribution in [-0.2, 0) is 21.2 Å². The van der Waals surface area contributed by atoms with Crippen molar-refractivity contribution in [3.8, 4) is 5.75 Å². The summed E-state index contributed by atoms with van der Waals surface area (Å²) in [5, 5.41) is 2.73. The number of carbonyl (C=O) groups is 1. The van der Waals surface area contributed by atoms with Crippen LogP contribution in [0.1, 0.15) is 5.56 Å². The van der Waals surface area contributed by atoms with E-state index in [-0.39, 0.29) is 17.2 Å². The van der Waals surface area contributed by atoms with E-state index in [4.69, 9.17) is 4.74 Å². The van der Waals surface area contributed by atoms with Crippen molar-refractivity contribution in [3.05, 3.63) is 54.1 Å². The van der Waals surface area contributed by atoms with E-state index in [9.17, 15) is 13.2 Å². The molecule has 0 heterocycles. The van der Waals surface area contributed by atoms with Gasteiger partial charge in [0.1, 0.15) is 5.75 Å². The van der Waals surface area contributed by atoms with Crippen LogP contribution in [0.2, 0.25) is 0 Å². The lowest BCUT2D eigenvalue weighted by Crippen LogP contribution is -2.18. The van der Waals surface area contributed by atoms with Crippen LogP contribution in [0.3, 0.4) is 0 Å². The van der Waals surface area contributed by atoms with Crippen LogP contribution in [0.15, 0.2) is 53.4 Å². The second-order valence-electron chi connectivity index (χ2n) is 4.80. The zero-order valence-electron chi connectivity index (χ0n) is 12.9. The molecule has 0 aliphatic carbocycles. The molecule has 0 bridgehead atoms. The van der Waals surface area contributed by atoms with Crippen molar-refractivity contribution >= 4 is 21.6 Å². The van der Waals surface area contributed by atoms with Gasteiger partial charge in [0.2, 0.25) is 15.9 Å². The summed E-state index contributed by atoms with van der Waals surface area (Å²) in [6.07, 6.45) is 0.223. The Morgan fingerprint density at radius 1 is 1.04 bits per heavy atom. The highest BCUT2D eigenvalue weighted by Crippen LogP contribution is 2.15. The van der Waals surface area contributed by atoms with Gasteiger partial charge in [-0.1, -0.05) is 12.1 Å². The Morgan fingerprint density at radius 3 is 2.17 bits per heavy atom. The molecule has 7 heteroatoms. The molecule has 0 aliphatic rings. The summed E-state index contributed by atoms with van der Waals surface area (Å²) >= 11 is 0. The smallest absolute Gasteiger partial charge is 0.240 e. The molecule has 0 saturated carbocycles. The summed E-state index contributed by atoms with van der Waals surface area (Å²) in [4.78, 5) is 12.1. The summed E-state index contributed by atoms with van der Waals surface area (Å²) in [6.45, 7) is 0. The van der Waals surface area contributed by atoms with Crippen molar-refractivity contribution in [1.82, 2.24) is 4.72 Å². The number of sulfonamides is 1. The monoisotopic (exact) mass is 334 g/mol. The number of hydrogen-bond donors (Lipinski definition) is 2. The first-order chi connectivity index (χ1) is 10.9. The maximum atomic E-state index is 12.0. The van der Waals surface area contributed by atoms with Gasteiger partial charge in [0, 0.05) is 5.69 Å². The second-order valence-corrected chi connectivity index (χ2v) is 6.69. The molecule has 2 aromatic carbocycles. The number of ether oxygens (including phenoxy) is 1. The minimum absolute atomic E-state index is 0.146. The number of anilines is 1. The number of amides is 1. The third kappa shape index (κ3) is 4.54. The second kappa shape index (κ2) is 7.26. The lowest BCUT2D eigenvalue weighted by Gasteiger charge is -2.07. The summed E-state index contributed by atoms with van der Waals surface area (Å²) in [6, 6.07) is 13.2. The van der Waals surface area contributed by atoms with Gasteiger partial charge in [-0.2, -0.15) is 0 Å². The van der Waals surface area contributed by atoms with Crippen molar-refractivity contribution in [2.45, 2.75) is 11.3 Å². The van der Waals surface area contributed by atoms with Crippen LogP contribution in [0, 0.1) is 0 Å². The fraction of sp³-hybridized carbons (Fsp3) is 0.188. The van der Waals surface area contributed by atoms with Gasteiger partial charge in [-0.25, -0.2) is 13.1 Å². The molecule has 2 N–H and O–H groups in total. The van der Waals surface area contributed by atoms with Crippen LogP contribution in [0.4, 0.5) is 5.69 Å². The standard InChI is InChI=1S/C16H18N2O4S/c1-17-23(20,21)15-9-5-13(6-10-15)18-16(19)11-12-3-7-14(22-2)8-4-12/h3-10,17H,11H2,1-2H3,(H,18,19). The van der Waals surface area contributed by atoms with E-state index >= 15 is 0 Å². The van der Waals surface area contributed by atoms with Crippen molar-refractivity contribution in [3.63, 3.8) is 0 Å². The average molecular weight is 334 g/mol. The molecule has 0 unspecified atom stereocenters. The van der Waals surface area contributed by atoms with Gasteiger partial charge in [0.25, 0.3) is 0 Å². The van der Waals surface area contributed by atoms with E-state index < -0.39 is 10.0 Å². The molecule has 0 fully saturated rings. The molecule has 0 spiro atoms. The van der Waals surface area contributed by atoms with E-state index in [1.165, 1.54) is 19.2 Å². The topological polar surface area (TPSA) is 84.5 Å². The first-order valence-electron chi connectivity index (χ1n) is 6.91. The molecule has 0 saturated heterocycles. The molecule has 2 aromatic rings. The summed E-state index contributed by atoms with van der Waals surface area (Å²) in [5.74, 6) is 0.551. The molecule has 23 heavy (non-hydrogen) atoms. The van der Waals surface area contributed by atoms with Crippen LogP contribution in [0.25, 0.3) is 0 Å². The third-order valence-corrected chi connectivity index (χ3v) is 4.67. The zero-order valence-corrected chi connectivity index (χ0v) is 13.7. The SMILES string of the molecule is CNS(=O)(=O)c1ccc(NC(=O)Cc2ccc(OC)cc2)cc1. The Balaban J connectivity index is 1.99. The molecule has 2 rings (SSSR count). The van der Waals surface area contributed by atoms with E-state index in [2.05, 4.69) is 10.0 Å².